The van der Waals surface area contributed by atoms with Crippen molar-refractivity contribution in [2.75, 3.05) is 26.3 Å². The molecule has 3 aromatic rings. The lowest BCUT2D eigenvalue weighted by Gasteiger charge is -2.18. The fourth-order valence-corrected chi connectivity index (χ4v) is 5.17. The highest BCUT2D eigenvalue weighted by Gasteiger charge is 2.20. The highest BCUT2D eigenvalue weighted by atomic mass is 32.2. The van der Waals surface area contributed by atoms with E-state index in [1.165, 1.54) is 23.5 Å². The first kappa shape index (κ1) is 26.2. The molecule has 1 amide bonds. The fourth-order valence-electron chi connectivity index (χ4n) is 3.39. The van der Waals surface area contributed by atoms with Gasteiger partial charge in [-0.2, -0.15) is 0 Å². The van der Waals surface area contributed by atoms with Gasteiger partial charge in [-0.25, -0.2) is 18.1 Å². The third kappa shape index (κ3) is 6.61. The standard InChI is InChI=1S/C24H31N3O5S2/c1-4-7-12-26-34(29,30)17-10-11-20-18(14-17)19(15-21(27-20)22-9-8-13-33-22)24(28)25-16-23(31-5-2)32-6-3/h8-11,13-15,23,26H,4-7,12,16H2,1-3H3,(H,25,28). The molecule has 0 unspecified atom stereocenters. The van der Waals surface area contributed by atoms with Crippen LogP contribution in [0.4, 0.5) is 0 Å². The topological polar surface area (TPSA) is 107 Å². The van der Waals surface area contributed by atoms with E-state index in [2.05, 4.69) is 15.0 Å². The van der Waals surface area contributed by atoms with E-state index in [9.17, 15) is 13.2 Å². The Hall–Kier alpha value is -2.37. The summed E-state index contributed by atoms with van der Waals surface area (Å²) < 4.78 is 39.2. The summed E-state index contributed by atoms with van der Waals surface area (Å²) in [5.74, 6) is -0.358. The number of unbranched alkanes of at least 4 members (excludes halogenated alkanes) is 1. The van der Waals surface area contributed by atoms with Gasteiger partial charge in [-0.1, -0.05) is 19.4 Å². The number of fused-ring (bicyclic) bond motifs is 1. The smallest absolute Gasteiger partial charge is 0.252 e. The van der Waals surface area contributed by atoms with Crippen molar-refractivity contribution in [2.45, 2.75) is 44.8 Å². The van der Waals surface area contributed by atoms with E-state index in [0.717, 1.165) is 17.7 Å². The molecule has 2 heterocycles. The lowest BCUT2D eigenvalue weighted by atomic mass is 10.1. The van der Waals surface area contributed by atoms with E-state index < -0.39 is 16.3 Å². The van der Waals surface area contributed by atoms with Gasteiger partial charge in [0.1, 0.15) is 0 Å². The average molecular weight is 506 g/mol. The van der Waals surface area contributed by atoms with Crippen LogP contribution in [0.5, 0.6) is 0 Å². The quantitative estimate of drug-likeness (QED) is 0.267. The van der Waals surface area contributed by atoms with Gasteiger partial charge in [-0.05, 0) is 56.0 Å². The molecular formula is C24H31N3O5S2. The minimum atomic E-state index is -3.71. The molecule has 0 aliphatic rings. The van der Waals surface area contributed by atoms with Gasteiger partial charge >= 0.3 is 0 Å². The molecular weight excluding hydrogens is 474 g/mol. The maximum absolute atomic E-state index is 13.3. The average Bonchev–Trinajstić information content (AvgIpc) is 3.37. The summed E-state index contributed by atoms with van der Waals surface area (Å²) in [7, 11) is -3.71. The summed E-state index contributed by atoms with van der Waals surface area (Å²) in [6, 6.07) is 10.2. The zero-order chi connectivity index (χ0) is 24.6. The molecule has 0 radical (unpaired) electrons. The van der Waals surface area contributed by atoms with Crippen LogP contribution in [0.15, 0.2) is 46.7 Å². The summed E-state index contributed by atoms with van der Waals surface area (Å²) in [6.45, 7) is 7.13. The van der Waals surface area contributed by atoms with Gasteiger partial charge in [-0.15, -0.1) is 11.3 Å². The van der Waals surface area contributed by atoms with E-state index in [1.54, 1.807) is 12.1 Å². The van der Waals surface area contributed by atoms with Gasteiger partial charge in [0.25, 0.3) is 5.91 Å². The summed E-state index contributed by atoms with van der Waals surface area (Å²) in [5, 5.41) is 5.25. The minimum absolute atomic E-state index is 0.0948. The Kier molecular flexibility index (Phi) is 9.54. The molecule has 0 spiro atoms. The number of sulfonamides is 1. The monoisotopic (exact) mass is 505 g/mol. The summed E-state index contributed by atoms with van der Waals surface area (Å²) >= 11 is 1.51. The number of benzene rings is 1. The van der Waals surface area contributed by atoms with E-state index >= 15 is 0 Å². The molecule has 10 heteroatoms. The zero-order valence-electron chi connectivity index (χ0n) is 19.7. The first-order valence-corrected chi connectivity index (χ1v) is 13.8. The highest BCUT2D eigenvalue weighted by molar-refractivity contribution is 7.89. The maximum Gasteiger partial charge on any atom is 0.252 e. The Morgan fingerprint density at radius 1 is 1.12 bits per heavy atom. The molecule has 184 valence electrons. The number of aromatic nitrogens is 1. The van der Waals surface area contributed by atoms with Crippen molar-refractivity contribution in [1.29, 1.82) is 0 Å². The first-order valence-electron chi connectivity index (χ1n) is 11.4. The van der Waals surface area contributed by atoms with Gasteiger partial charge in [0.05, 0.1) is 33.1 Å². The third-order valence-electron chi connectivity index (χ3n) is 5.07. The van der Waals surface area contributed by atoms with E-state index in [4.69, 9.17) is 9.47 Å². The lowest BCUT2D eigenvalue weighted by molar-refractivity contribution is -0.131. The molecule has 1 aromatic carbocycles. The van der Waals surface area contributed by atoms with Crippen molar-refractivity contribution in [3.63, 3.8) is 0 Å². The molecule has 0 saturated carbocycles. The Bertz CT molecular complexity index is 1190. The second-order valence-corrected chi connectivity index (χ2v) is 10.2. The molecule has 0 aliphatic heterocycles. The fraction of sp³-hybridized carbons (Fsp3) is 0.417. The van der Waals surface area contributed by atoms with Crippen LogP contribution in [0.25, 0.3) is 21.5 Å². The number of carbonyl (C=O) groups is 1. The van der Waals surface area contributed by atoms with Crippen LogP contribution in [0.3, 0.4) is 0 Å². The van der Waals surface area contributed by atoms with Crippen LogP contribution in [0, 0.1) is 0 Å². The number of pyridine rings is 1. The number of amides is 1. The van der Waals surface area contributed by atoms with E-state index in [1.807, 2.05) is 38.3 Å². The van der Waals surface area contributed by atoms with Crippen molar-refractivity contribution in [2.24, 2.45) is 0 Å². The van der Waals surface area contributed by atoms with Crippen LogP contribution >= 0.6 is 11.3 Å². The number of hydrogen-bond donors (Lipinski definition) is 2. The summed E-state index contributed by atoms with van der Waals surface area (Å²) in [6.07, 6.45) is 1.06. The molecule has 8 nitrogen and oxygen atoms in total. The molecule has 2 N–H and O–H groups in total. The molecule has 34 heavy (non-hydrogen) atoms. The summed E-state index contributed by atoms with van der Waals surface area (Å²) in [5.41, 5.74) is 1.52. The van der Waals surface area contributed by atoms with Crippen molar-refractivity contribution in [3.8, 4) is 10.6 Å². The van der Waals surface area contributed by atoms with Gasteiger partial charge in [0.15, 0.2) is 6.29 Å². The maximum atomic E-state index is 13.3. The van der Waals surface area contributed by atoms with Gasteiger partial charge in [0.2, 0.25) is 10.0 Å². The van der Waals surface area contributed by atoms with Gasteiger partial charge in [0, 0.05) is 25.1 Å². The van der Waals surface area contributed by atoms with Crippen LogP contribution in [-0.4, -0.2) is 51.9 Å². The van der Waals surface area contributed by atoms with Gasteiger partial charge < -0.3 is 14.8 Å². The summed E-state index contributed by atoms with van der Waals surface area (Å²) in [4.78, 5) is 18.9. The minimum Gasteiger partial charge on any atom is -0.351 e. The van der Waals surface area contributed by atoms with Crippen LogP contribution in [-0.2, 0) is 19.5 Å². The number of carbonyl (C=O) groups excluding carboxylic acids is 1. The number of thiophene rings is 1. The SMILES string of the molecule is CCCCNS(=O)(=O)c1ccc2nc(-c3cccs3)cc(C(=O)NCC(OCC)OCC)c2c1. The molecule has 0 aliphatic carbocycles. The predicted octanol–water partition coefficient (Wildman–Crippen LogP) is 4.17. The van der Waals surface area contributed by atoms with Crippen molar-refractivity contribution < 1.29 is 22.7 Å². The number of hydrogen-bond acceptors (Lipinski definition) is 7. The van der Waals surface area contributed by atoms with E-state index in [-0.39, 0.29) is 17.3 Å². The Morgan fingerprint density at radius 3 is 2.53 bits per heavy atom. The Morgan fingerprint density at radius 2 is 1.88 bits per heavy atom. The number of nitrogens with zero attached hydrogens (tertiary/aromatic N) is 1. The van der Waals surface area contributed by atoms with Crippen molar-refractivity contribution in [3.05, 3.63) is 47.3 Å². The van der Waals surface area contributed by atoms with Crippen molar-refractivity contribution >= 4 is 38.2 Å². The second kappa shape index (κ2) is 12.4. The molecule has 0 bridgehead atoms. The molecule has 0 saturated heterocycles. The highest BCUT2D eigenvalue weighted by Crippen LogP contribution is 2.29. The van der Waals surface area contributed by atoms with E-state index in [0.29, 0.717) is 41.9 Å². The first-order chi connectivity index (χ1) is 16.4. The third-order valence-corrected chi connectivity index (χ3v) is 7.42. The van der Waals surface area contributed by atoms with Crippen molar-refractivity contribution in [1.82, 2.24) is 15.0 Å². The Labute approximate surface area is 204 Å². The van der Waals surface area contributed by atoms with Crippen LogP contribution < -0.4 is 10.0 Å². The Balaban J connectivity index is 2.00. The van der Waals surface area contributed by atoms with Gasteiger partial charge in [-0.3, -0.25) is 4.79 Å². The normalized spacial score (nSPS) is 11.9. The zero-order valence-corrected chi connectivity index (χ0v) is 21.3. The number of ether oxygens (including phenoxy) is 2. The molecule has 0 atom stereocenters. The van der Waals surface area contributed by atoms with Crippen LogP contribution in [0.1, 0.15) is 44.0 Å². The number of rotatable bonds is 13. The predicted molar refractivity (Wildman–Crippen MR) is 135 cm³/mol. The second-order valence-electron chi connectivity index (χ2n) is 7.51. The molecule has 3 rings (SSSR count). The number of nitrogens with one attached hydrogen (secondary N) is 2. The molecule has 0 fully saturated rings. The lowest BCUT2D eigenvalue weighted by Crippen LogP contribution is -2.35. The molecule has 2 aromatic heterocycles. The van der Waals surface area contributed by atoms with Crippen LogP contribution in [0.2, 0.25) is 0 Å². The largest absolute Gasteiger partial charge is 0.351 e.